The Morgan fingerprint density at radius 1 is 1.36 bits per heavy atom. The Hall–Kier alpha value is -2.09. The number of halogens is 4. The quantitative estimate of drug-likeness (QED) is 0.775. The van der Waals surface area contributed by atoms with Gasteiger partial charge in [0.25, 0.3) is 0 Å². The van der Waals surface area contributed by atoms with Crippen molar-refractivity contribution in [1.82, 2.24) is 19.7 Å². The van der Waals surface area contributed by atoms with Crippen LogP contribution in [0.5, 0.6) is 0 Å². The number of aryl methyl sites for hydroxylation is 2. The fraction of sp³-hybridized carbons (Fsp3) is 0.438. The molecule has 0 bridgehead atoms. The largest absolute Gasteiger partial charge is 0.332 e. The number of carbonyl (C=O) groups is 1. The Morgan fingerprint density at radius 3 is 2.68 bits per heavy atom. The molecule has 1 aliphatic heterocycles. The first-order valence-electron chi connectivity index (χ1n) is 7.78. The van der Waals surface area contributed by atoms with Crippen molar-refractivity contribution >= 4 is 17.5 Å². The highest BCUT2D eigenvalue weighted by atomic mass is 35.5. The lowest BCUT2D eigenvalue weighted by Gasteiger charge is -2.34. The summed E-state index contributed by atoms with van der Waals surface area (Å²) in [6, 6.07) is 0.868. The highest BCUT2D eigenvalue weighted by Crippen LogP contribution is 2.23. The summed E-state index contributed by atoms with van der Waals surface area (Å²) in [5, 5.41) is 4.26. The van der Waals surface area contributed by atoms with E-state index in [1.807, 2.05) is 0 Å². The van der Waals surface area contributed by atoms with Crippen LogP contribution in [0.3, 0.4) is 0 Å². The molecular weight excluding hydrogens is 357 g/mol. The molecule has 1 aliphatic rings. The van der Waals surface area contributed by atoms with Crippen LogP contribution in [0.2, 0.25) is 0 Å². The van der Waals surface area contributed by atoms with E-state index in [1.165, 1.54) is 4.90 Å². The predicted octanol–water partition coefficient (Wildman–Crippen LogP) is 2.59. The molecule has 1 atom stereocenters. The Kier molecular flexibility index (Phi) is 4.99. The standard InChI is InChI=1S/C16H16ClF3N4O/c1-9-21-15-3-2-11(7-24(15)22-9)23(16(25)6-17)8-12-13(19)4-10(18)5-14(12)20/h4-5,11H,2-3,6-8H2,1H3. The molecular formula is C16H16ClF3N4O. The summed E-state index contributed by atoms with van der Waals surface area (Å²) in [7, 11) is 0. The molecule has 0 spiro atoms. The number of nitrogens with zero attached hydrogens (tertiary/aromatic N) is 4. The van der Waals surface area contributed by atoms with E-state index in [1.54, 1.807) is 11.6 Å². The van der Waals surface area contributed by atoms with Crippen LogP contribution in [0.25, 0.3) is 0 Å². The molecule has 2 heterocycles. The lowest BCUT2D eigenvalue weighted by Crippen LogP contribution is -2.45. The first-order chi connectivity index (χ1) is 11.9. The van der Waals surface area contributed by atoms with Gasteiger partial charge in [-0.1, -0.05) is 0 Å². The number of hydrogen-bond donors (Lipinski definition) is 0. The number of carbonyl (C=O) groups excluding carboxylic acids is 1. The van der Waals surface area contributed by atoms with Gasteiger partial charge in [-0.05, 0) is 13.3 Å². The van der Waals surface area contributed by atoms with Crippen molar-refractivity contribution < 1.29 is 18.0 Å². The van der Waals surface area contributed by atoms with E-state index in [0.29, 0.717) is 37.3 Å². The minimum atomic E-state index is -1.03. The molecule has 0 radical (unpaired) electrons. The van der Waals surface area contributed by atoms with E-state index in [4.69, 9.17) is 11.6 Å². The van der Waals surface area contributed by atoms with Gasteiger partial charge in [-0.15, -0.1) is 11.6 Å². The molecule has 0 aliphatic carbocycles. The second-order valence-electron chi connectivity index (χ2n) is 5.95. The smallest absolute Gasteiger partial charge is 0.238 e. The van der Waals surface area contributed by atoms with Crippen LogP contribution >= 0.6 is 11.6 Å². The summed E-state index contributed by atoms with van der Waals surface area (Å²) in [4.78, 5) is 17.9. The molecule has 0 saturated carbocycles. The first-order valence-corrected chi connectivity index (χ1v) is 8.31. The number of rotatable bonds is 4. The minimum Gasteiger partial charge on any atom is -0.332 e. The van der Waals surface area contributed by atoms with Crippen LogP contribution in [-0.4, -0.2) is 37.5 Å². The average Bonchev–Trinajstić information content (AvgIpc) is 2.92. The van der Waals surface area contributed by atoms with Crippen LogP contribution in [0, 0.1) is 24.4 Å². The molecule has 3 rings (SSSR count). The first kappa shape index (κ1) is 17.7. The highest BCUT2D eigenvalue weighted by molar-refractivity contribution is 6.27. The van der Waals surface area contributed by atoms with Crippen molar-refractivity contribution in [2.45, 2.75) is 38.9 Å². The third kappa shape index (κ3) is 3.63. The summed E-state index contributed by atoms with van der Waals surface area (Å²) in [6.07, 6.45) is 1.16. The maximum Gasteiger partial charge on any atom is 0.238 e. The number of fused-ring (bicyclic) bond motifs is 1. The summed E-state index contributed by atoms with van der Waals surface area (Å²) < 4.78 is 42.7. The molecule has 0 N–H and O–H groups in total. The number of benzene rings is 1. The Bertz CT molecular complexity index is 788. The van der Waals surface area contributed by atoms with Gasteiger partial charge in [0.05, 0.1) is 19.1 Å². The van der Waals surface area contributed by atoms with Crippen molar-refractivity contribution in [2.24, 2.45) is 0 Å². The van der Waals surface area contributed by atoms with Crippen LogP contribution in [-0.2, 0) is 24.3 Å². The number of hydrogen-bond acceptors (Lipinski definition) is 3. The van der Waals surface area contributed by atoms with E-state index >= 15 is 0 Å². The van der Waals surface area contributed by atoms with Gasteiger partial charge in [0.2, 0.25) is 5.91 Å². The summed E-state index contributed by atoms with van der Waals surface area (Å²) in [5.41, 5.74) is -0.361. The number of amides is 1. The van der Waals surface area contributed by atoms with Crippen molar-refractivity contribution in [3.63, 3.8) is 0 Å². The van der Waals surface area contributed by atoms with E-state index in [9.17, 15) is 18.0 Å². The van der Waals surface area contributed by atoms with Crippen molar-refractivity contribution in [3.05, 3.63) is 46.8 Å². The van der Waals surface area contributed by atoms with Crippen molar-refractivity contribution in [2.75, 3.05) is 5.88 Å². The molecule has 1 amide bonds. The Morgan fingerprint density at radius 2 is 2.04 bits per heavy atom. The van der Waals surface area contributed by atoms with E-state index in [-0.39, 0.29) is 24.0 Å². The van der Waals surface area contributed by atoms with E-state index in [0.717, 1.165) is 5.82 Å². The Balaban J connectivity index is 1.88. The summed E-state index contributed by atoms with van der Waals surface area (Å²) >= 11 is 5.67. The van der Waals surface area contributed by atoms with Crippen LogP contribution in [0.15, 0.2) is 12.1 Å². The van der Waals surface area contributed by atoms with Gasteiger partial charge >= 0.3 is 0 Å². The molecule has 9 heteroatoms. The van der Waals surface area contributed by atoms with E-state index < -0.39 is 23.4 Å². The average molecular weight is 373 g/mol. The SMILES string of the molecule is Cc1nc2n(n1)CC(N(Cc1c(F)cc(F)cc1F)C(=O)CCl)CC2. The predicted molar refractivity (Wildman–Crippen MR) is 84.5 cm³/mol. The van der Waals surface area contributed by atoms with Crippen molar-refractivity contribution in [1.29, 1.82) is 0 Å². The molecule has 0 saturated heterocycles. The lowest BCUT2D eigenvalue weighted by atomic mass is 10.0. The number of aromatic nitrogens is 3. The van der Waals surface area contributed by atoms with Crippen LogP contribution < -0.4 is 0 Å². The Labute approximate surface area is 147 Å². The van der Waals surface area contributed by atoms with Gasteiger partial charge < -0.3 is 4.90 Å². The minimum absolute atomic E-state index is 0.315. The zero-order chi connectivity index (χ0) is 18.1. The molecule has 134 valence electrons. The second-order valence-corrected chi connectivity index (χ2v) is 6.22. The zero-order valence-corrected chi connectivity index (χ0v) is 14.2. The van der Waals surface area contributed by atoms with Gasteiger partial charge in [0.1, 0.15) is 35.0 Å². The molecule has 0 fully saturated rings. The van der Waals surface area contributed by atoms with Crippen LogP contribution in [0.4, 0.5) is 13.2 Å². The highest BCUT2D eigenvalue weighted by Gasteiger charge is 2.30. The molecule has 2 aromatic rings. The monoisotopic (exact) mass is 372 g/mol. The topological polar surface area (TPSA) is 51.0 Å². The molecule has 1 unspecified atom stereocenters. The van der Waals surface area contributed by atoms with Crippen molar-refractivity contribution in [3.8, 4) is 0 Å². The second kappa shape index (κ2) is 7.03. The van der Waals surface area contributed by atoms with Gasteiger partial charge in [0, 0.05) is 24.1 Å². The van der Waals surface area contributed by atoms with Gasteiger partial charge in [0.15, 0.2) is 0 Å². The molecule has 1 aromatic carbocycles. The third-order valence-electron chi connectivity index (χ3n) is 4.25. The maximum atomic E-state index is 14.0. The summed E-state index contributed by atoms with van der Waals surface area (Å²) in [6.45, 7) is 1.81. The molecule has 1 aromatic heterocycles. The van der Waals surface area contributed by atoms with Gasteiger partial charge in [-0.25, -0.2) is 22.8 Å². The van der Waals surface area contributed by atoms with E-state index in [2.05, 4.69) is 10.1 Å². The normalized spacial score (nSPS) is 16.6. The fourth-order valence-corrected chi connectivity index (χ4v) is 3.22. The number of alkyl halides is 1. The third-order valence-corrected chi connectivity index (χ3v) is 4.48. The molecule has 25 heavy (non-hydrogen) atoms. The fourth-order valence-electron chi connectivity index (χ4n) is 3.06. The summed E-state index contributed by atoms with van der Waals surface area (Å²) in [5.74, 6) is -2.39. The van der Waals surface area contributed by atoms with Gasteiger partial charge in [-0.3, -0.25) is 4.79 Å². The maximum absolute atomic E-state index is 14.0. The lowest BCUT2D eigenvalue weighted by molar-refractivity contribution is -0.132. The van der Waals surface area contributed by atoms with Crippen LogP contribution in [0.1, 0.15) is 23.6 Å². The van der Waals surface area contributed by atoms with Gasteiger partial charge in [-0.2, -0.15) is 5.10 Å². The molecule has 5 nitrogen and oxygen atoms in total. The zero-order valence-electron chi connectivity index (χ0n) is 13.5.